The van der Waals surface area contributed by atoms with E-state index in [4.69, 9.17) is 10.2 Å². The fourth-order valence-electron chi connectivity index (χ4n) is 2.20. The Hall–Kier alpha value is -2.95. The molecule has 112 valence electrons. The highest BCUT2D eigenvalue weighted by Gasteiger charge is 2.20. The molecule has 0 bridgehead atoms. The van der Waals surface area contributed by atoms with E-state index < -0.39 is 17.5 Å². The Morgan fingerprint density at radius 3 is 2.05 bits per heavy atom. The van der Waals surface area contributed by atoms with Crippen molar-refractivity contribution in [2.24, 2.45) is 0 Å². The molecule has 0 spiro atoms. The molecule has 0 saturated carbocycles. The highest BCUT2D eigenvalue weighted by atomic mass is 16.4. The zero-order valence-electron chi connectivity index (χ0n) is 12.1. The first kappa shape index (κ1) is 15.4. The maximum Gasteiger partial charge on any atom is 0.336 e. The van der Waals surface area contributed by atoms with Crippen molar-refractivity contribution in [1.29, 1.82) is 0 Å². The molecule has 0 amide bonds. The van der Waals surface area contributed by atoms with Gasteiger partial charge in [0.05, 0.1) is 11.1 Å². The van der Waals surface area contributed by atoms with Crippen LogP contribution < -0.4 is 0 Å². The van der Waals surface area contributed by atoms with Gasteiger partial charge in [0, 0.05) is 11.1 Å². The molecule has 0 heterocycles. The number of hydrogen-bond donors (Lipinski definition) is 2. The summed E-state index contributed by atoms with van der Waals surface area (Å²) in [6.45, 7) is 3.69. The van der Waals surface area contributed by atoms with E-state index in [1.165, 1.54) is 6.07 Å². The monoisotopic (exact) mass is 298 g/mol. The molecule has 0 aliphatic rings. The average molecular weight is 298 g/mol. The van der Waals surface area contributed by atoms with Crippen molar-refractivity contribution < 1.29 is 24.6 Å². The van der Waals surface area contributed by atoms with E-state index in [1.54, 1.807) is 12.1 Å². The Morgan fingerprint density at radius 1 is 0.818 bits per heavy atom. The largest absolute Gasteiger partial charge is 0.478 e. The fraction of sp³-hybridized carbons (Fsp3) is 0.118. The lowest BCUT2D eigenvalue weighted by Gasteiger charge is -2.09. The summed E-state index contributed by atoms with van der Waals surface area (Å²) in [5.74, 6) is -3.06. The van der Waals surface area contributed by atoms with Crippen molar-refractivity contribution in [3.8, 4) is 0 Å². The number of benzene rings is 2. The molecule has 0 fully saturated rings. The summed E-state index contributed by atoms with van der Waals surface area (Å²) in [6, 6.07) is 8.87. The third-order valence-corrected chi connectivity index (χ3v) is 3.59. The van der Waals surface area contributed by atoms with Gasteiger partial charge in [0.25, 0.3) is 0 Å². The Bertz CT molecular complexity index is 790. The van der Waals surface area contributed by atoms with Gasteiger partial charge in [-0.25, -0.2) is 9.59 Å². The molecule has 5 heteroatoms. The van der Waals surface area contributed by atoms with Crippen LogP contribution in [0.1, 0.15) is 47.8 Å². The molecule has 22 heavy (non-hydrogen) atoms. The van der Waals surface area contributed by atoms with E-state index >= 15 is 0 Å². The molecule has 5 nitrogen and oxygen atoms in total. The number of carbonyl (C=O) groups excluding carboxylic acids is 1. The highest BCUT2D eigenvalue weighted by Crippen LogP contribution is 2.20. The number of carbonyl (C=O) groups is 3. The lowest BCUT2D eigenvalue weighted by molar-refractivity contribution is 0.0651. The van der Waals surface area contributed by atoms with Crippen LogP contribution in [0.4, 0.5) is 0 Å². The van der Waals surface area contributed by atoms with Gasteiger partial charge in [0.1, 0.15) is 0 Å². The lowest BCUT2D eigenvalue weighted by atomic mass is 9.94. The molecule has 0 aliphatic heterocycles. The maximum absolute atomic E-state index is 12.5. The zero-order valence-corrected chi connectivity index (χ0v) is 12.1. The van der Waals surface area contributed by atoms with Gasteiger partial charge in [0.2, 0.25) is 0 Å². The van der Waals surface area contributed by atoms with Crippen molar-refractivity contribution in [2.45, 2.75) is 13.8 Å². The molecule has 0 atom stereocenters. The SMILES string of the molecule is Cc1cccc(C(=O)c2ccc(C(=O)O)c(C(=O)O)c2)c1C. The van der Waals surface area contributed by atoms with Crippen molar-refractivity contribution in [2.75, 3.05) is 0 Å². The van der Waals surface area contributed by atoms with Crippen LogP contribution in [0.3, 0.4) is 0 Å². The smallest absolute Gasteiger partial charge is 0.336 e. The van der Waals surface area contributed by atoms with E-state index in [-0.39, 0.29) is 16.9 Å². The molecular weight excluding hydrogens is 284 g/mol. The van der Waals surface area contributed by atoms with Gasteiger partial charge in [-0.2, -0.15) is 0 Å². The summed E-state index contributed by atoms with van der Waals surface area (Å²) in [4.78, 5) is 34.7. The van der Waals surface area contributed by atoms with Crippen LogP contribution in [0.5, 0.6) is 0 Å². The normalized spacial score (nSPS) is 10.3. The molecule has 2 aromatic rings. The second-order valence-electron chi connectivity index (χ2n) is 4.95. The quantitative estimate of drug-likeness (QED) is 0.847. The van der Waals surface area contributed by atoms with Gasteiger partial charge < -0.3 is 10.2 Å². The lowest BCUT2D eigenvalue weighted by Crippen LogP contribution is -2.11. The number of ketones is 1. The van der Waals surface area contributed by atoms with Crippen LogP contribution in [0.25, 0.3) is 0 Å². The fourth-order valence-corrected chi connectivity index (χ4v) is 2.20. The van der Waals surface area contributed by atoms with Crippen LogP contribution in [0.2, 0.25) is 0 Å². The number of hydrogen-bond acceptors (Lipinski definition) is 3. The summed E-state index contributed by atoms with van der Waals surface area (Å²) in [5, 5.41) is 18.1. The van der Waals surface area contributed by atoms with Crippen LogP contribution in [0.15, 0.2) is 36.4 Å². The van der Waals surface area contributed by atoms with E-state index in [2.05, 4.69) is 0 Å². The summed E-state index contributed by atoms with van der Waals surface area (Å²) in [5.41, 5.74) is 1.64. The molecule has 0 aliphatic carbocycles. The zero-order chi connectivity index (χ0) is 16.4. The van der Waals surface area contributed by atoms with Crippen molar-refractivity contribution in [1.82, 2.24) is 0 Å². The van der Waals surface area contributed by atoms with Crippen LogP contribution >= 0.6 is 0 Å². The van der Waals surface area contributed by atoms with Gasteiger partial charge in [0.15, 0.2) is 5.78 Å². The van der Waals surface area contributed by atoms with Gasteiger partial charge >= 0.3 is 11.9 Å². The minimum Gasteiger partial charge on any atom is -0.478 e. The number of aromatic carboxylic acids is 2. The van der Waals surface area contributed by atoms with E-state index in [0.717, 1.165) is 23.3 Å². The van der Waals surface area contributed by atoms with Gasteiger partial charge in [-0.05, 0) is 37.1 Å². The second-order valence-corrected chi connectivity index (χ2v) is 4.95. The van der Waals surface area contributed by atoms with Crippen LogP contribution in [0, 0.1) is 13.8 Å². The Balaban J connectivity index is 2.56. The van der Waals surface area contributed by atoms with Gasteiger partial charge in [-0.3, -0.25) is 4.79 Å². The van der Waals surface area contributed by atoms with Gasteiger partial charge in [-0.15, -0.1) is 0 Å². The number of carboxylic acid groups (broad SMARTS) is 2. The Morgan fingerprint density at radius 2 is 1.45 bits per heavy atom. The first-order valence-electron chi connectivity index (χ1n) is 6.54. The van der Waals surface area contributed by atoms with Crippen molar-refractivity contribution in [3.05, 3.63) is 69.8 Å². The first-order valence-corrected chi connectivity index (χ1v) is 6.54. The summed E-state index contributed by atoms with van der Waals surface area (Å²) in [7, 11) is 0. The molecular formula is C17H14O5. The first-order chi connectivity index (χ1) is 10.3. The summed E-state index contributed by atoms with van der Waals surface area (Å²) >= 11 is 0. The minimum absolute atomic E-state index is 0.149. The predicted molar refractivity (Wildman–Crippen MR) is 79.7 cm³/mol. The molecule has 0 saturated heterocycles. The number of carboxylic acids is 2. The standard InChI is InChI=1S/C17H14O5/c1-9-4-3-5-12(10(9)2)15(18)11-6-7-13(16(19)20)14(8-11)17(21)22/h3-8H,1-2H3,(H,19,20)(H,21,22). The Labute approximate surface area is 126 Å². The molecule has 0 aromatic heterocycles. The van der Waals surface area contributed by atoms with E-state index in [1.807, 2.05) is 19.9 Å². The topological polar surface area (TPSA) is 91.7 Å². The van der Waals surface area contributed by atoms with Crippen molar-refractivity contribution >= 4 is 17.7 Å². The number of aryl methyl sites for hydroxylation is 1. The van der Waals surface area contributed by atoms with Crippen molar-refractivity contribution in [3.63, 3.8) is 0 Å². The summed E-state index contributed by atoms with van der Waals surface area (Å²) < 4.78 is 0. The average Bonchev–Trinajstić information content (AvgIpc) is 2.48. The van der Waals surface area contributed by atoms with Gasteiger partial charge in [-0.1, -0.05) is 24.3 Å². The second kappa shape index (κ2) is 5.81. The third kappa shape index (κ3) is 2.74. The van der Waals surface area contributed by atoms with E-state index in [9.17, 15) is 14.4 Å². The highest BCUT2D eigenvalue weighted by molar-refractivity contribution is 6.12. The van der Waals surface area contributed by atoms with E-state index in [0.29, 0.717) is 5.56 Å². The predicted octanol–water partition coefficient (Wildman–Crippen LogP) is 2.93. The minimum atomic E-state index is -1.38. The molecule has 2 N–H and O–H groups in total. The maximum atomic E-state index is 12.5. The Kier molecular flexibility index (Phi) is 4.08. The third-order valence-electron chi connectivity index (χ3n) is 3.59. The van der Waals surface area contributed by atoms with Crippen LogP contribution in [-0.4, -0.2) is 27.9 Å². The number of rotatable bonds is 4. The molecule has 0 radical (unpaired) electrons. The molecule has 2 aromatic carbocycles. The van der Waals surface area contributed by atoms with Crippen LogP contribution in [-0.2, 0) is 0 Å². The summed E-state index contributed by atoms with van der Waals surface area (Å²) in [6.07, 6.45) is 0. The molecule has 2 rings (SSSR count). The molecule has 0 unspecified atom stereocenters.